The molecule has 1 unspecified atom stereocenters. The van der Waals surface area contributed by atoms with Gasteiger partial charge in [0, 0.05) is 18.7 Å². The van der Waals surface area contributed by atoms with Gasteiger partial charge in [0.25, 0.3) is 0 Å². The molecule has 14 heavy (non-hydrogen) atoms. The summed E-state index contributed by atoms with van der Waals surface area (Å²) in [5, 5.41) is 2.51. The minimum absolute atomic E-state index is 0.0590. The zero-order valence-corrected chi connectivity index (χ0v) is 8.03. The molecule has 5 nitrogen and oxygen atoms in total. The average molecular weight is 194 g/mol. The number of hydrogen-bond donors (Lipinski definition) is 3. The summed E-state index contributed by atoms with van der Waals surface area (Å²) in [7, 11) is 0. The Balaban J connectivity index is 2.65. The number of aromatic nitrogens is 1. The fraction of sp³-hybridized carbons (Fsp3) is 0.333. The van der Waals surface area contributed by atoms with Crippen LogP contribution in [0, 0.1) is 0 Å². The lowest BCUT2D eigenvalue weighted by atomic mass is 10.1. The quantitative estimate of drug-likeness (QED) is 0.651. The molecule has 1 heterocycles. The number of urea groups is 1. The Hall–Kier alpha value is -1.78. The number of primary amides is 1. The van der Waals surface area contributed by atoms with Gasteiger partial charge in [-0.05, 0) is 12.1 Å². The maximum atomic E-state index is 10.5. The fourth-order valence-corrected chi connectivity index (χ4v) is 1.19. The molecule has 1 aromatic rings. The van der Waals surface area contributed by atoms with E-state index in [2.05, 4.69) is 10.3 Å². The van der Waals surface area contributed by atoms with Crippen LogP contribution in [-0.4, -0.2) is 17.6 Å². The normalized spacial score (nSPS) is 12.1. The molecule has 0 aliphatic rings. The Kier molecular flexibility index (Phi) is 3.28. The maximum absolute atomic E-state index is 10.5. The van der Waals surface area contributed by atoms with Crippen LogP contribution in [0.3, 0.4) is 0 Å². The van der Waals surface area contributed by atoms with E-state index < -0.39 is 6.03 Å². The first-order valence-electron chi connectivity index (χ1n) is 4.35. The van der Waals surface area contributed by atoms with Gasteiger partial charge in [-0.25, -0.2) is 4.79 Å². The molecule has 1 aromatic heterocycles. The molecule has 0 saturated heterocycles. The highest BCUT2D eigenvalue weighted by atomic mass is 16.2. The van der Waals surface area contributed by atoms with E-state index in [4.69, 9.17) is 11.5 Å². The van der Waals surface area contributed by atoms with Gasteiger partial charge in [0.2, 0.25) is 0 Å². The standard InChI is InChI=1S/C9H14N4O/c1-6(5-13-9(11)14)8-7(10)3-2-4-12-8/h2-4,6H,5,10H2,1H3,(H3,11,13,14). The Morgan fingerprint density at radius 3 is 3.00 bits per heavy atom. The van der Waals surface area contributed by atoms with Gasteiger partial charge in [-0.3, -0.25) is 4.98 Å². The molecule has 0 radical (unpaired) electrons. The van der Waals surface area contributed by atoms with Crippen LogP contribution in [0.5, 0.6) is 0 Å². The highest BCUT2D eigenvalue weighted by Crippen LogP contribution is 2.17. The maximum Gasteiger partial charge on any atom is 0.312 e. The molecule has 0 aromatic carbocycles. The van der Waals surface area contributed by atoms with E-state index in [0.717, 1.165) is 5.69 Å². The van der Waals surface area contributed by atoms with Crippen LogP contribution in [0.25, 0.3) is 0 Å². The van der Waals surface area contributed by atoms with Gasteiger partial charge in [-0.2, -0.15) is 0 Å². The lowest BCUT2D eigenvalue weighted by Gasteiger charge is -2.12. The third-order valence-electron chi connectivity index (χ3n) is 1.92. The van der Waals surface area contributed by atoms with Crippen LogP contribution >= 0.6 is 0 Å². The second kappa shape index (κ2) is 4.45. The van der Waals surface area contributed by atoms with E-state index in [0.29, 0.717) is 12.2 Å². The van der Waals surface area contributed by atoms with Gasteiger partial charge in [-0.15, -0.1) is 0 Å². The van der Waals surface area contributed by atoms with E-state index in [1.165, 1.54) is 0 Å². The smallest absolute Gasteiger partial charge is 0.312 e. The molecule has 0 saturated carbocycles. The second-order valence-electron chi connectivity index (χ2n) is 3.12. The number of pyridine rings is 1. The minimum atomic E-state index is -0.536. The summed E-state index contributed by atoms with van der Waals surface area (Å²) in [5.74, 6) is 0.0590. The Labute approximate surface area is 82.5 Å². The molecule has 0 aliphatic heterocycles. The van der Waals surface area contributed by atoms with Gasteiger partial charge in [-0.1, -0.05) is 6.92 Å². The number of rotatable bonds is 3. The van der Waals surface area contributed by atoms with Crippen molar-refractivity contribution < 1.29 is 4.79 Å². The molecule has 76 valence electrons. The summed E-state index contributed by atoms with van der Waals surface area (Å²) < 4.78 is 0. The summed E-state index contributed by atoms with van der Waals surface area (Å²) in [5.41, 5.74) is 12.1. The van der Waals surface area contributed by atoms with Crippen molar-refractivity contribution in [2.45, 2.75) is 12.8 Å². The van der Waals surface area contributed by atoms with Crippen molar-refractivity contribution in [2.24, 2.45) is 5.73 Å². The van der Waals surface area contributed by atoms with E-state index in [9.17, 15) is 4.79 Å². The predicted molar refractivity (Wildman–Crippen MR) is 54.7 cm³/mol. The molecule has 5 heteroatoms. The molecule has 5 N–H and O–H groups in total. The topological polar surface area (TPSA) is 94.0 Å². The first-order valence-corrected chi connectivity index (χ1v) is 4.35. The van der Waals surface area contributed by atoms with Crippen molar-refractivity contribution in [3.05, 3.63) is 24.0 Å². The summed E-state index contributed by atoms with van der Waals surface area (Å²) in [6, 6.07) is 3.02. The average Bonchev–Trinajstić information content (AvgIpc) is 2.15. The van der Waals surface area contributed by atoms with Crippen LogP contribution in [0.15, 0.2) is 18.3 Å². The molecular weight excluding hydrogens is 180 g/mol. The van der Waals surface area contributed by atoms with Gasteiger partial charge >= 0.3 is 6.03 Å². The molecule has 0 fully saturated rings. The summed E-state index contributed by atoms with van der Waals surface area (Å²) in [6.07, 6.45) is 1.67. The van der Waals surface area contributed by atoms with E-state index in [1.807, 2.05) is 6.92 Å². The molecular formula is C9H14N4O. The van der Waals surface area contributed by atoms with Gasteiger partial charge in [0.1, 0.15) is 0 Å². The number of hydrogen-bond acceptors (Lipinski definition) is 3. The lowest BCUT2D eigenvalue weighted by Crippen LogP contribution is -2.32. The van der Waals surface area contributed by atoms with Crippen molar-refractivity contribution >= 4 is 11.7 Å². The number of nitrogens with one attached hydrogen (secondary N) is 1. The second-order valence-corrected chi connectivity index (χ2v) is 3.12. The zero-order chi connectivity index (χ0) is 10.6. The largest absolute Gasteiger partial charge is 0.397 e. The number of nitrogens with zero attached hydrogens (tertiary/aromatic N) is 1. The zero-order valence-electron chi connectivity index (χ0n) is 8.03. The molecule has 2 amide bonds. The molecule has 0 aliphatic carbocycles. The van der Waals surface area contributed by atoms with Crippen LogP contribution in [-0.2, 0) is 0 Å². The molecule has 0 bridgehead atoms. The minimum Gasteiger partial charge on any atom is -0.397 e. The van der Waals surface area contributed by atoms with Crippen molar-refractivity contribution in [2.75, 3.05) is 12.3 Å². The fourth-order valence-electron chi connectivity index (χ4n) is 1.19. The highest BCUT2D eigenvalue weighted by Gasteiger charge is 2.10. The summed E-state index contributed by atoms with van der Waals surface area (Å²) >= 11 is 0. The van der Waals surface area contributed by atoms with E-state index in [1.54, 1.807) is 18.3 Å². The van der Waals surface area contributed by atoms with Crippen molar-refractivity contribution in [3.63, 3.8) is 0 Å². The van der Waals surface area contributed by atoms with Crippen LogP contribution < -0.4 is 16.8 Å². The van der Waals surface area contributed by atoms with Crippen molar-refractivity contribution in [1.82, 2.24) is 10.3 Å². The van der Waals surface area contributed by atoms with Gasteiger partial charge in [0.05, 0.1) is 11.4 Å². The Morgan fingerprint density at radius 1 is 1.71 bits per heavy atom. The Bertz CT molecular complexity index is 326. The van der Waals surface area contributed by atoms with Crippen LogP contribution in [0.1, 0.15) is 18.5 Å². The summed E-state index contributed by atoms with van der Waals surface area (Å²) in [6.45, 7) is 2.37. The number of anilines is 1. The number of carbonyl (C=O) groups is 1. The number of nitrogen functional groups attached to an aromatic ring is 1. The number of nitrogens with two attached hydrogens (primary N) is 2. The first kappa shape index (κ1) is 10.3. The lowest BCUT2D eigenvalue weighted by molar-refractivity contribution is 0.248. The SMILES string of the molecule is CC(CNC(N)=O)c1ncccc1N. The summed E-state index contributed by atoms with van der Waals surface area (Å²) in [4.78, 5) is 14.6. The third-order valence-corrected chi connectivity index (χ3v) is 1.92. The monoisotopic (exact) mass is 194 g/mol. The van der Waals surface area contributed by atoms with Crippen molar-refractivity contribution in [1.29, 1.82) is 0 Å². The number of carbonyl (C=O) groups excluding carboxylic acids is 1. The van der Waals surface area contributed by atoms with Gasteiger partial charge in [0.15, 0.2) is 0 Å². The third kappa shape index (κ3) is 2.62. The van der Waals surface area contributed by atoms with Gasteiger partial charge < -0.3 is 16.8 Å². The van der Waals surface area contributed by atoms with Crippen molar-refractivity contribution in [3.8, 4) is 0 Å². The Morgan fingerprint density at radius 2 is 2.43 bits per heavy atom. The predicted octanol–water partition coefficient (Wildman–Crippen LogP) is 0.436. The number of amides is 2. The molecule has 1 rings (SSSR count). The van der Waals surface area contributed by atoms with E-state index in [-0.39, 0.29) is 5.92 Å². The first-order chi connectivity index (χ1) is 6.61. The van der Waals surface area contributed by atoms with E-state index >= 15 is 0 Å². The highest BCUT2D eigenvalue weighted by molar-refractivity contribution is 5.71. The molecule has 0 spiro atoms. The molecule has 1 atom stereocenters. The van der Waals surface area contributed by atoms with Crippen LogP contribution in [0.2, 0.25) is 0 Å². The van der Waals surface area contributed by atoms with Crippen LogP contribution in [0.4, 0.5) is 10.5 Å².